The number of quaternary nitrogens is 1. The van der Waals surface area contributed by atoms with E-state index in [2.05, 4.69) is 27.7 Å². The molecule has 0 unspecified atom stereocenters. The van der Waals surface area contributed by atoms with Crippen molar-refractivity contribution in [1.82, 2.24) is 0 Å². The van der Waals surface area contributed by atoms with Crippen LogP contribution in [0.15, 0.2) is 0 Å². The maximum Gasteiger partial charge on any atom is 0.433 e. The van der Waals surface area contributed by atoms with Crippen molar-refractivity contribution < 1.29 is 31.9 Å². The summed E-state index contributed by atoms with van der Waals surface area (Å²) < 4.78 is 25.7. The van der Waals surface area contributed by atoms with Gasteiger partial charge in [-0.3, -0.25) is 0 Å². The molecule has 0 atom stereocenters. The van der Waals surface area contributed by atoms with Crippen LogP contribution in [0.1, 0.15) is 79.1 Å². The summed E-state index contributed by atoms with van der Waals surface area (Å²) in [6.45, 7) is 15.0. The van der Waals surface area contributed by atoms with Gasteiger partial charge in [-0.15, -0.1) is 0 Å². The van der Waals surface area contributed by atoms with E-state index in [4.69, 9.17) is 12.6 Å². The normalized spacial score (nSPS) is 11.4. The van der Waals surface area contributed by atoms with Crippen LogP contribution in [0.5, 0.6) is 0 Å². The Morgan fingerprint density at radius 3 is 1.00 bits per heavy atom. The molecule has 0 aromatic rings. The first-order valence-corrected chi connectivity index (χ1v) is 10.6. The number of hydrogen-bond acceptors (Lipinski definition) is 3. The Bertz CT molecular complexity index is 164. The molecular weight excluding hydrogens is 334 g/mol. The summed E-state index contributed by atoms with van der Waals surface area (Å²) in [4.78, 5) is 0. The molecule has 0 saturated carbocycles. The zero-order chi connectivity index (χ0) is 16.6. The second-order valence-electron chi connectivity index (χ2n) is 5.85. The minimum absolute atomic E-state index is 1.35. The second kappa shape index (κ2) is 16.7. The molecule has 4 nitrogen and oxygen atoms in total. The molecule has 0 aromatic heterocycles. The lowest BCUT2D eigenvalue weighted by atomic mass is 10.1. The summed E-state index contributed by atoms with van der Waals surface area (Å²) in [5.74, 6) is 0. The van der Waals surface area contributed by atoms with Crippen molar-refractivity contribution in [3.8, 4) is 0 Å². The maximum atomic E-state index is 8.63. The Kier molecular flexibility index (Phi) is 18.7. The Labute approximate surface area is 137 Å². The van der Waals surface area contributed by atoms with Crippen LogP contribution in [0.4, 0.5) is 0 Å². The van der Waals surface area contributed by atoms with Crippen molar-refractivity contribution in [3.05, 3.63) is 0 Å². The van der Waals surface area contributed by atoms with Gasteiger partial charge in [0.25, 0.3) is 0 Å². The van der Waals surface area contributed by atoms with Crippen LogP contribution in [0.25, 0.3) is 0 Å². The van der Waals surface area contributed by atoms with Gasteiger partial charge in [-0.25, -0.2) is 0 Å². The zero-order valence-electron chi connectivity index (χ0n) is 14.6. The van der Waals surface area contributed by atoms with Crippen molar-refractivity contribution in [1.29, 1.82) is 0 Å². The lowest BCUT2D eigenvalue weighted by molar-refractivity contribution is -1.63. The molecule has 0 fully saturated rings. The monoisotopic (exact) mass is 370 g/mol. The maximum absolute atomic E-state index is 8.63. The van der Waals surface area contributed by atoms with Gasteiger partial charge in [0, 0.05) is 0 Å². The number of nitrogens with zero attached hydrogens (tertiary/aromatic N) is 1. The molecule has 0 amide bonds. The largest absolute Gasteiger partial charge is 0.433 e. The molecule has 0 saturated heterocycles. The first kappa shape index (κ1) is 23.6. The van der Waals surface area contributed by atoms with E-state index in [1.807, 2.05) is 0 Å². The van der Waals surface area contributed by atoms with E-state index in [1.54, 1.807) is 0 Å². The van der Waals surface area contributed by atoms with Gasteiger partial charge in [-0.1, -0.05) is 53.4 Å². The minimum Gasteiger partial charge on any atom is -0.372 e. The summed E-state index contributed by atoms with van der Waals surface area (Å²) in [5.41, 5.74) is 0. The average molecular weight is 371 g/mol. The average Bonchev–Trinajstić information content (AvgIpc) is 2.45. The summed E-state index contributed by atoms with van der Waals surface area (Å²) >= 11 is -3.40. The summed E-state index contributed by atoms with van der Waals surface area (Å²) in [6, 6.07) is 0. The molecule has 0 aliphatic carbocycles. The number of rotatable bonds is 12. The highest BCUT2D eigenvalue weighted by Gasteiger charge is 2.24. The van der Waals surface area contributed by atoms with Crippen LogP contribution < -0.4 is 8.40 Å². The van der Waals surface area contributed by atoms with E-state index in [9.17, 15) is 0 Å². The third kappa shape index (κ3) is 16.5. The van der Waals surface area contributed by atoms with Crippen LogP contribution in [0, 0.1) is 14.8 Å². The second-order valence-corrected chi connectivity index (χ2v) is 6.69. The lowest BCUT2D eigenvalue weighted by Gasteiger charge is -2.39. The minimum atomic E-state index is -3.40. The van der Waals surface area contributed by atoms with Gasteiger partial charge in [-0.05, 0) is 29.9 Å². The highest BCUT2D eigenvalue weighted by atomic mass is 80.0. The van der Waals surface area contributed by atoms with Crippen LogP contribution in [-0.4, -0.2) is 34.9 Å². The zero-order valence-corrected chi connectivity index (χ0v) is 16.2. The number of unbranched alkanes of at least 4 members (excludes halogenated alkanes) is 4. The summed E-state index contributed by atoms with van der Waals surface area (Å²) in [5, 5.41) is 0. The van der Waals surface area contributed by atoms with Crippen molar-refractivity contribution in [2.24, 2.45) is 0 Å². The molecule has 0 radical (unpaired) electrons. The Morgan fingerprint density at radius 1 is 0.667 bits per heavy atom. The van der Waals surface area contributed by atoms with Crippen molar-refractivity contribution >= 4 is 0 Å². The fourth-order valence-corrected chi connectivity index (χ4v) is 2.64. The third-order valence-electron chi connectivity index (χ3n) is 3.94. The Balaban J connectivity index is 0. The molecule has 5 heteroatoms. The molecule has 0 aliphatic rings. The van der Waals surface area contributed by atoms with E-state index >= 15 is 0 Å². The van der Waals surface area contributed by atoms with Gasteiger partial charge in [-0.2, -0.15) is 0 Å². The molecule has 21 heavy (non-hydrogen) atoms. The van der Waals surface area contributed by atoms with Crippen molar-refractivity contribution in [2.45, 2.75) is 79.1 Å². The standard InChI is InChI=1S/C16H36N.BrHO3/c1-5-9-13-17(14-10-6-2,15-11-7-3)16-12-8-4;2-1(3)4/h5-16H2,1-4H3;2H/q+1;. The topological polar surface area (TPSA) is 66.3 Å². The number of halogens is 1. The molecular formula is C16H37BrNO3+. The predicted molar refractivity (Wildman–Crippen MR) is 81.6 cm³/mol. The highest BCUT2D eigenvalue weighted by Crippen LogP contribution is 2.16. The summed E-state index contributed by atoms with van der Waals surface area (Å²) in [6.07, 6.45) is 11.1. The third-order valence-corrected chi connectivity index (χ3v) is 3.94. The van der Waals surface area contributed by atoms with E-state index in [0.29, 0.717) is 0 Å². The van der Waals surface area contributed by atoms with Crippen molar-refractivity contribution in [3.63, 3.8) is 0 Å². The van der Waals surface area contributed by atoms with Crippen LogP contribution in [-0.2, 0) is 0 Å². The quantitative estimate of drug-likeness (QED) is 0.534. The molecule has 0 heterocycles. The van der Waals surface area contributed by atoms with Gasteiger partial charge in [0.2, 0.25) is 0 Å². The lowest BCUT2D eigenvalue weighted by Crippen LogP contribution is -2.50. The van der Waals surface area contributed by atoms with Crippen LogP contribution in [0.3, 0.4) is 0 Å². The van der Waals surface area contributed by atoms with Gasteiger partial charge in [0.05, 0.1) is 26.2 Å². The SMILES string of the molecule is CCCC[N+](CCCC)(CCCC)CCCC.[O-][Br+2]([O-])O. The highest BCUT2D eigenvalue weighted by molar-refractivity contribution is 4.49. The first-order valence-electron chi connectivity index (χ1n) is 8.57. The predicted octanol–water partition coefficient (Wildman–Crippen LogP) is 2.07. The molecule has 0 spiro atoms. The molecule has 1 N–H and O–H groups in total. The fourth-order valence-electron chi connectivity index (χ4n) is 2.64. The molecule has 130 valence electrons. The van der Waals surface area contributed by atoms with Crippen LogP contribution >= 0.6 is 0 Å². The fraction of sp³-hybridized carbons (Fsp3) is 1.00. The van der Waals surface area contributed by atoms with Gasteiger partial charge < -0.3 is 12.9 Å². The molecule has 0 aliphatic heterocycles. The number of hydrogen-bond donors (Lipinski definition) is 1. The van der Waals surface area contributed by atoms with E-state index in [1.165, 1.54) is 82.0 Å². The first-order chi connectivity index (χ1) is 9.97. The van der Waals surface area contributed by atoms with Gasteiger partial charge in [0.1, 0.15) is 0 Å². The molecule has 0 bridgehead atoms. The van der Waals surface area contributed by atoms with E-state index in [0.717, 1.165) is 0 Å². The van der Waals surface area contributed by atoms with Gasteiger partial charge in [0.15, 0.2) is 0 Å². The summed E-state index contributed by atoms with van der Waals surface area (Å²) in [7, 11) is 0. The van der Waals surface area contributed by atoms with E-state index in [-0.39, 0.29) is 0 Å². The Hall–Kier alpha value is 0.320. The Morgan fingerprint density at radius 2 is 0.857 bits per heavy atom. The van der Waals surface area contributed by atoms with E-state index < -0.39 is 14.8 Å². The van der Waals surface area contributed by atoms with Crippen molar-refractivity contribution in [2.75, 3.05) is 26.2 Å². The van der Waals surface area contributed by atoms with Crippen LogP contribution in [0.2, 0.25) is 0 Å². The smallest absolute Gasteiger partial charge is 0.372 e. The van der Waals surface area contributed by atoms with Gasteiger partial charge >= 0.3 is 14.8 Å². The molecule has 0 aromatic carbocycles. The molecule has 0 rings (SSSR count).